The van der Waals surface area contributed by atoms with Gasteiger partial charge in [0.1, 0.15) is 12.6 Å². The van der Waals surface area contributed by atoms with E-state index in [-0.39, 0.29) is 24.5 Å². The molecule has 1 fully saturated rings. The van der Waals surface area contributed by atoms with E-state index in [0.29, 0.717) is 5.82 Å². The van der Waals surface area contributed by atoms with E-state index in [0.717, 1.165) is 34.8 Å². The highest BCUT2D eigenvalue weighted by molar-refractivity contribution is 9.10. The molecule has 0 bridgehead atoms. The number of hydrogen-bond acceptors (Lipinski definition) is 4. The fourth-order valence-corrected chi connectivity index (χ4v) is 3.40. The van der Waals surface area contributed by atoms with Crippen LogP contribution in [0.5, 0.6) is 0 Å². The standard InChI is InChI=1S/C16H16BrN5O2/c17-11-3-1-4-12-10(11)6-7-22(12)9-14(23)18-16-19-15(20-21-16)13-5-2-8-24-13/h1,3-4,6-7,13H,2,5,8-9H2,(H2,18,19,20,21,23)/t13-/m1/s1. The predicted octanol–water partition coefficient (Wildman–Crippen LogP) is 3.01. The maximum Gasteiger partial charge on any atom is 0.248 e. The first kappa shape index (κ1) is 15.3. The summed E-state index contributed by atoms with van der Waals surface area (Å²) in [7, 11) is 0. The summed E-state index contributed by atoms with van der Waals surface area (Å²) >= 11 is 3.52. The fourth-order valence-electron chi connectivity index (χ4n) is 2.91. The van der Waals surface area contributed by atoms with Gasteiger partial charge in [-0.25, -0.2) is 0 Å². The molecule has 1 atom stereocenters. The van der Waals surface area contributed by atoms with Gasteiger partial charge in [-0.1, -0.05) is 22.0 Å². The Morgan fingerprint density at radius 3 is 3.21 bits per heavy atom. The number of carbonyl (C=O) groups is 1. The Kier molecular flexibility index (Phi) is 4.07. The number of nitrogens with zero attached hydrogens (tertiary/aromatic N) is 3. The predicted molar refractivity (Wildman–Crippen MR) is 92.6 cm³/mol. The molecule has 0 saturated carbocycles. The first-order valence-electron chi connectivity index (χ1n) is 7.78. The third-order valence-electron chi connectivity index (χ3n) is 4.06. The Morgan fingerprint density at radius 1 is 1.46 bits per heavy atom. The van der Waals surface area contributed by atoms with Gasteiger partial charge in [-0.3, -0.25) is 15.2 Å². The van der Waals surface area contributed by atoms with E-state index in [9.17, 15) is 4.79 Å². The largest absolute Gasteiger partial charge is 0.370 e. The Labute approximate surface area is 146 Å². The van der Waals surface area contributed by atoms with E-state index in [1.165, 1.54) is 0 Å². The lowest BCUT2D eigenvalue weighted by Crippen LogP contribution is -2.19. The minimum absolute atomic E-state index is 0.0473. The van der Waals surface area contributed by atoms with Crippen LogP contribution in [-0.4, -0.2) is 32.3 Å². The molecule has 3 heterocycles. The lowest BCUT2D eigenvalue weighted by molar-refractivity contribution is -0.116. The molecule has 1 amide bonds. The molecule has 2 N–H and O–H groups in total. The quantitative estimate of drug-likeness (QED) is 0.717. The highest BCUT2D eigenvalue weighted by Crippen LogP contribution is 2.26. The highest BCUT2D eigenvalue weighted by atomic mass is 79.9. The molecule has 0 radical (unpaired) electrons. The zero-order chi connectivity index (χ0) is 16.5. The van der Waals surface area contributed by atoms with Crippen molar-refractivity contribution in [3.05, 3.63) is 40.8 Å². The van der Waals surface area contributed by atoms with Gasteiger partial charge < -0.3 is 9.30 Å². The molecular formula is C16H16BrN5O2. The van der Waals surface area contributed by atoms with E-state index in [1.54, 1.807) is 0 Å². The third kappa shape index (κ3) is 2.94. The van der Waals surface area contributed by atoms with Crippen molar-refractivity contribution >= 4 is 38.7 Å². The summed E-state index contributed by atoms with van der Waals surface area (Å²) in [6.07, 6.45) is 3.79. The number of aromatic nitrogens is 4. The number of ether oxygens (including phenoxy) is 1. The fraction of sp³-hybridized carbons (Fsp3) is 0.312. The lowest BCUT2D eigenvalue weighted by atomic mass is 10.2. The molecule has 1 aliphatic heterocycles. The zero-order valence-corrected chi connectivity index (χ0v) is 14.4. The van der Waals surface area contributed by atoms with Gasteiger partial charge in [0.15, 0.2) is 5.82 Å². The molecule has 1 saturated heterocycles. The summed E-state index contributed by atoms with van der Waals surface area (Å²) < 4.78 is 8.45. The average Bonchev–Trinajstić information content (AvgIpc) is 3.28. The van der Waals surface area contributed by atoms with E-state index in [4.69, 9.17) is 4.74 Å². The van der Waals surface area contributed by atoms with Crippen molar-refractivity contribution in [2.24, 2.45) is 0 Å². The number of nitrogens with one attached hydrogen (secondary N) is 2. The maximum absolute atomic E-state index is 12.3. The molecule has 0 unspecified atom stereocenters. The number of halogens is 1. The van der Waals surface area contributed by atoms with Gasteiger partial charge in [0.2, 0.25) is 11.9 Å². The number of H-pyrrole nitrogens is 1. The van der Waals surface area contributed by atoms with Crippen LogP contribution in [0.25, 0.3) is 10.9 Å². The number of fused-ring (bicyclic) bond motifs is 1. The molecule has 124 valence electrons. The topological polar surface area (TPSA) is 84.8 Å². The molecule has 3 aromatic rings. The maximum atomic E-state index is 12.3. The Morgan fingerprint density at radius 2 is 2.38 bits per heavy atom. The van der Waals surface area contributed by atoms with Gasteiger partial charge in [0.05, 0.1) is 0 Å². The average molecular weight is 390 g/mol. The van der Waals surface area contributed by atoms with Crippen molar-refractivity contribution in [2.75, 3.05) is 11.9 Å². The van der Waals surface area contributed by atoms with Crippen LogP contribution in [0.1, 0.15) is 24.8 Å². The van der Waals surface area contributed by atoms with Crippen LogP contribution in [0.15, 0.2) is 34.9 Å². The van der Waals surface area contributed by atoms with Crippen LogP contribution in [0.4, 0.5) is 5.95 Å². The minimum Gasteiger partial charge on any atom is -0.370 e. The van der Waals surface area contributed by atoms with Gasteiger partial charge in [-0.05, 0) is 31.0 Å². The Hall–Kier alpha value is -2.19. The third-order valence-corrected chi connectivity index (χ3v) is 4.75. The number of amides is 1. The van der Waals surface area contributed by atoms with Gasteiger partial charge in [-0.15, -0.1) is 5.10 Å². The van der Waals surface area contributed by atoms with E-state index >= 15 is 0 Å². The van der Waals surface area contributed by atoms with E-state index in [2.05, 4.69) is 36.4 Å². The van der Waals surface area contributed by atoms with Gasteiger partial charge in [-0.2, -0.15) is 4.98 Å². The summed E-state index contributed by atoms with van der Waals surface area (Å²) in [5.74, 6) is 0.770. The van der Waals surface area contributed by atoms with Crippen LogP contribution in [-0.2, 0) is 16.1 Å². The highest BCUT2D eigenvalue weighted by Gasteiger charge is 2.21. The molecule has 24 heavy (non-hydrogen) atoms. The summed E-state index contributed by atoms with van der Waals surface area (Å²) in [5, 5.41) is 10.7. The first-order chi connectivity index (χ1) is 11.7. The number of aromatic amines is 1. The number of hydrogen-bond donors (Lipinski definition) is 2. The molecule has 8 heteroatoms. The normalized spacial score (nSPS) is 17.5. The second-order valence-corrected chi connectivity index (χ2v) is 6.56. The van der Waals surface area contributed by atoms with Crippen molar-refractivity contribution in [3.63, 3.8) is 0 Å². The van der Waals surface area contributed by atoms with Crippen LogP contribution in [0, 0.1) is 0 Å². The van der Waals surface area contributed by atoms with Crippen molar-refractivity contribution in [1.82, 2.24) is 19.7 Å². The number of benzene rings is 1. The van der Waals surface area contributed by atoms with Crippen LogP contribution in [0.3, 0.4) is 0 Å². The van der Waals surface area contributed by atoms with Gasteiger partial charge in [0, 0.05) is 28.2 Å². The van der Waals surface area contributed by atoms with E-state index < -0.39 is 0 Å². The SMILES string of the molecule is O=C(Cn1ccc2c(Br)cccc21)Nc1n[nH]c([C@H]2CCCO2)n1. The summed E-state index contributed by atoms with van der Waals surface area (Å²) in [6, 6.07) is 7.89. The van der Waals surface area contributed by atoms with Crippen LogP contribution >= 0.6 is 15.9 Å². The van der Waals surface area contributed by atoms with E-state index in [1.807, 2.05) is 35.0 Å². The first-order valence-corrected chi connectivity index (χ1v) is 8.57. The van der Waals surface area contributed by atoms with Crippen LogP contribution in [0.2, 0.25) is 0 Å². The second-order valence-electron chi connectivity index (χ2n) is 5.71. The number of carbonyl (C=O) groups excluding carboxylic acids is 1. The number of rotatable bonds is 4. The summed E-state index contributed by atoms with van der Waals surface area (Å²) in [6.45, 7) is 0.938. The monoisotopic (exact) mass is 389 g/mol. The van der Waals surface area contributed by atoms with Crippen molar-refractivity contribution in [1.29, 1.82) is 0 Å². The molecule has 2 aromatic heterocycles. The van der Waals surface area contributed by atoms with Crippen molar-refractivity contribution in [3.8, 4) is 0 Å². The van der Waals surface area contributed by atoms with Crippen molar-refractivity contribution in [2.45, 2.75) is 25.5 Å². The Balaban J connectivity index is 1.45. The number of anilines is 1. The van der Waals surface area contributed by atoms with Gasteiger partial charge >= 0.3 is 0 Å². The molecule has 7 nitrogen and oxygen atoms in total. The molecule has 4 rings (SSSR count). The smallest absolute Gasteiger partial charge is 0.248 e. The van der Waals surface area contributed by atoms with Crippen LogP contribution < -0.4 is 5.32 Å². The molecule has 0 spiro atoms. The summed E-state index contributed by atoms with van der Waals surface area (Å²) in [4.78, 5) is 16.6. The van der Waals surface area contributed by atoms with Crippen molar-refractivity contribution < 1.29 is 9.53 Å². The molecule has 1 aromatic carbocycles. The second kappa shape index (κ2) is 6.37. The summed E-state index contributed by atoms with van der Waals surface area (Å²) in [5.41, 5.74) is 0.995. The lowest BCUT2D eigenvalue weighted by Gasteiger charge is -2.05. The molecular weight excluding hydrogens is 374 g/mol. The molecule has 1 aliphatic rings. The minimum atomic E-state index is -0.176. The van der Waals surface area contributed by atoms with Gasteiger partial charge in [0.25, 0.3) is 0 Å². The molecule has 0 aliphatic carbocycles. The zero-order valence-electron chi connectivity index (χ0n) is 12.8. The Bertz CT molecular complexity index is 882.